The molecule has 0 radical (unpaired) electrons. The van der Waals surface area contributed by atoms with Crippen LogP contribution in [-0.2, 0) is 0 Å². The van der Waals surface area contributed by atoms with E-state index in [0.29, 0.717) is 0 Å². The van der Waals surface area contributed by atoms with Crippen molar-refractivity contribution in [2.24, 2.45) is 0 Å². The van der Waals surface area contributed by atoms with E-state index < -0.39 is 0 Å². The van der Waals surface area contributed by atoms with E-state index in [2.05, 4.69) is 37.4 Å². The lowest BCUT2D eigenvalue weighted by Gasteiger charge is -2.15. The van der Waals surface area contributed by atoms with E-state index in [1.54, 1.807) is 6.26 Å². The Bertz CT molecular complexity index is 439. The number of rotatable bonds is 3. The van der Waals surface area contributed by atoms with Crippen LogP contribution in [0, 0.1) is 13.8 Å². The molecule has 2 rings (SSSR count). The third-order valence-corrected chi connectivity index (χ3v) is 2.69. The molecule has 1 unspecified atom stereocenters. The Morgan fingerprint density at radius 3 is 2.31 bits per heavy atom. The van der Waals surface area contributed by atoms with Gasteiger partial charge in [-0.2, -0.15) is 0 Å². The Labute approximate surface area is 96.3 Å². The molecule has 0 aliphatic rings. The van der Waals surface area contributed by atoms with Crippen molar-refractivity contribution in [1.29, 1.82) is 0 Å². The number of hydrogen-bond donors (Lipinski definition) is 1. The second-order valence-electron chi connectivity index (χ2n) is 4.16. The van der Waals surface area contributed by atoms with E-state index in [1.807, 2.05) is 19.2 Å². The van der Waals surface area contributed by atoms with Crippen LogP contribution in [0.4, 0.5) is 0 Å². The lowest BCUT2D eigenvalue weighted by atomic mass is 10.00. The van der Waals surface area contributed by atoms with E-state index in [9.17, 15) is 0 Å². The molecule has 0 saturated heterocycles. The van der Waals surface area contributed by atoms with E-state index in [4.69, 9.17) is 4.42 Å². The molecule has 0 bridgehead atoms. The molecule has 0 fully saturated rings. The van der Waals surface area contributed by atoms with Crippen LogP contribution >= 0.6 is 0 Å². The van der Waals surface area contributed by atoms with Gasteiger partial charge < -0.3 is 9.73 Å². The van der Waals surface area contributed by atoms with Gasteiger partial charge in [-0.25, -0.2) is 0 Å². The maximum Gasteiger partial charge on any atom is 0.125 e. The van der Waals surface area contributed by atoms with Crippen molar-refractivity contribution in [3.63, 3.8) is 0 Å². The molecular formula is C14H17NO. The zero-order valence-corrected chi connectivity index (χ0v) is 9.95. The van der Waals surface area contributed by atoms with Gasteiger partial charge in [-0.15, -0.1) is 0 Å². The van der Waals surface area contributed by atoms with Gasteiger partial charge in [0.1, 0.15) is 5.76 Å². The summed E-state index contributed by atoms with van der Waals surface area (Å²) >= 11 is 0. The average molecular weight is 215 g/mol. The lowest BCUT2D eigenvalue weighted by molar-refractivity contribution is 0.463. The fourth-order valence-corrected chi connectivity index (χ4v) is 2.11. The van der Waals surface area contributed by atoms with Gasteiger partial charge in [-0.3, -0.25) is 0 Å². The molecule has 1 N–H and O–H groups in total. The standard InChI is InChI=1S/C14H17NO/c1-10-7-11(2)9-12(8-10)14(15-3)13-5-4-6-16-13/h4-9,14-15H,1-3H3. The van der Waals surface area contributed by atoms with Gasteiger partial charge in [0.25, 0.3) is 0 Å². The van der Waals surface area contributed by atoms with Gasteiger partial charge in [0.15, 0.2) is 0 Å². The summed E-state index contributed by atoms with van der Waals surface area (Å²) in [5.74, 6) is 0.951. The molecule has 1 atom stereocenters. The molecule has 0 aliphatic carbocycles. The molecule has 2 nitrogen and oxygen atoms in total. The van der Waals surface area contributed by atoms with Gasteiger partial charge in [-0.1, -0.05) is 29.3 Å². The molecule has 1 aromatic heterocycles. The summed E-state index contributed by atoms with van der Waals surface area (Å²) in [7, 11) is 1.95. The Morgan fingerprint density at radius 1 is 1.12 bits per heavy atom. The number of benzene rings is 1. The maximum absolute atomic E-state index is 5.46. The molecule has 1 heterocycles. The first-order valence-electron chi connectivity index (χ1n) is 5.49. The first-order chi connectivity index (χ1) is 7.70. The van der Waals surface area contributed by atoms with E-state index in [-0.39, 0.29) is 6.04 Å². The minimum Gasteiger partial charge on any atom is -0.467 e. The number of furan rings is 1. The highest BCUT2D eigenvalue weighted by Gasteiger charge is 2.14. The Morgan fingerprint density at radius 2 is 1.81 bits per heavy atom. The zero-order valence-electron chi connectivity index (χ0n) is 9.95. The predicted octanol–water partition coefficient (Wildman–Crippen LogP) is 3.21. The number of aryl methyl sites for hydroxylation is 2. The van der Waals surface area contributed by atoms with Crippen molar-refractivity contribution in [1.82, 2.24) is 5.32 Å². The van der Waals surface area contributed by atoms with Crippen LogP contribution in [0.1, 0.15) is 28.5 Å². The minimum atomic E-state index is 0.133. The fraction of sp³-hybridized carbons (Fsp3) is 0.286. The van der Waals surface area contributed by atoms with Gasteiger partial charge in [0, 0.05) is 0 Å². The summed E-state index contributed by atoms with van der Waals surface area (Å²) in [5, 5.41) is 3.28. The second-order valence-corrected chi connectivity index (χ2v) is 4.16. The van der Waals surface area contributed by atoms with Crippen molar-refractivity contribution in [3.05, 3.63) is 59.0 Å². The number of hydrogen-bond acceptors (Lipinski definition) is 2. The van der Waals surface area contributed by atoms with Crippen LogP contribution in [0.3, 0.4) is 0 Å². The van der Waals surface area contributed by atoms with Crippen molar-refractivity contribution in [3.8, 4) is 0 Å². The second kappa shape index (κ2) is 4.54. The first-order valence-corrected chi connectivity index (χ1v) is 5.49. The van der Waals surface area contributed by atoms with Crippen molar-refractivity contribution >= 4 is 0 Å². The normalized spacial score (nSPS) is 12.7. The predicted molar refractivity (Wildman–Crippen MR) is 65.5 cm³/mol. The van der Waals surface area contributed by atoms with Crippen molar-refractivity contribution in [2.45, 2.75) is 19.9 Å². The monoisotopic (exact) mass is 215 g/mol. The topological polar surface area (TPSA) is 25.2 Å². The smallest absolute Gasteiger partial charge is 0.125 e. The molecular weight excluding hydrogens is 198 g/mol. The first kappa shape index (κ1) is 11.0. The molecule has 0 spiro atoms. The minimum absolute atomic E-state index is 0.133. The molecule has 16 heavy (non-hydrogen) atoms. The van der Waals surface area contributed by atoms with Crippen LogP contribution in [0.5, 0.6) is 0 Å². The summed E-state index contributed by atoms with van der Waals surface area (Å²) in [6.07, 6.45) is 1.71. The van der Waals surface area contributed by atoms with E-state index >= 15 is 0 Å². The SMILES string of the molecule is CNC(c1cc(C)cc(C)c1)c1ccco1. The molecule has 0 saturated carbocycles. The average Bonchev–Trinajstić information content (AvgIpc) is 2.70. The van der Waals surface area contributed by atoms with E-state index in [0.717, 1.165) is 5.76 Å². The summed E-state index contributed by atoms with van der Waals surface area (Å²) in [5.41, 5.74) is 3.80. The van der Waals surface area contributed by atoms with Gasteiger partial charge in [-0.05, 0) is 38.6 Å². The summed E-state index contributed by atoms with van der Waals surface area (Å²) in [6, 6.07) is 10.6. The quantitative estimate of drug-likeness (QED) is 0.850. The fourth-order valence-electron chi connectivity index (χ4n) is 2.11. The van der Waals surface area contributed by atoms with Crippen LogP contribution in [0.25, 0.3) is 0 Å². The third-order valence-electron chi connectivity index (χ3n) is 2.69. The Balaban J connectivity index is 2.41. The Hall–Kier alpha value is -1.54. The summed E-state index contributed by atoms with van der Waals surface area (Å²) < 4.78 is 5.46. The van der Waals surface area contributed by atoms with Gasteiger partial charge in [0.2, 0.25) is 0 Å². The lowest BCUT2D eigenvalue weighted by Crippen LogP contribution is -2.17. The van der Waals surface area contributed by atoms with Crippen LogP contribution in [0.15, 0.2) is 41.0 Å². The third kappa shape index (κ3) is 2.17. The highest BCUT2D eigenvalue weighted by Crippen LogP contribution is 2.23. The summed E-state index contributed by atoms with van der Waals surface area (Å²) in [6.45, 7) is 4.23. The van der Waals surface area contributed by atoms with Gasteiger partial charge in [0.05, 0.1) is 12.3 Å². The largest absolute Gasteiger partial charge is 0.467 e. The maximum atomic E-state index is 5.46. The molecule has 2 heteroatoms. The van der Waals surface area contributed by atoms with Crippen LogP contribution in [-0.4, -0.2) is 7.05 Å². The van der Waals surface area contributed by atoms with E-state index in [1.165, 1.54) is 16.7 Å². The Kier molecular flexibility index (Phi) is 3.11. The van der Waals surface area contributed by atoms with Crippen molar-refractivity contribution < 1.29 is 4.42 Å². The molecule has 0 amide bonds. The molecule has 0 aliphatic heterocycles. The highest BCUT2D eigenvalue weighted by molar-refractivity contribution is 5.34. The van der Waals surface area contributed by atoms with Crippen molar-refractivity contribution in [2.75, 3.05) is 7.05 Å². The molecule has 2 aromatic rings. The summed E-state index contributed by atoms with van der Waals surface area (Å²) in [4.78, 5) is 0. The number of nitrogens with one attached hydrogen (secondary N) is 1. The van der Waals surface area contributed by atoms with Gasteiger partial charge >= 0.3 is 0 Å². The highest BCUT2D eigenvalue weighted by atomic mass is 16.3. The molecule has 84 valence electrons. The van der Waals surface area contributed by atoms with Crippen LogP contribution < -0.4 is 5.32 Å². The zero-order chi connectivity index (χ0) is 11.5. The molecule has 1 aromatic carbocycles. The van der Waals surface area contributed by atoms with Crippen LogP contribution in [0.2, 0.25) is 0 Å².